The summed E-state index contributed by atoms with van der Waals surface area (Å²) in [4.78, 5) is 2.98. The molecule has 0 aliphatic carbocycles. The summed E-state index contributed by atoms with van der Waals surface area (Å²) < 4.78 is 37.1. The normalized spacial score (nSPS) is 11.5. The predicted molar refractivity (Wildman–Crippen MR) is 51.7 cm³/mol. The molecule has 0 amide bonds. The van der Waals surface area contributed by atoms with Crippen LogP contribution in [0.2, 0.25) is 0 Å². The van der Waals surface area contributed by atoms with Gasteiger partial charge >= 0.3 is 58.4 Å². The molecule has 0 unspecified atom stereocenters. The van der Waals surface area contributed by atoms with E-state index in [9.17, 15) is 12.9 Å². The Kier molecular flexibility index (Phi) is 4.11. The Morgan fingerprint density at radius 3 is 2.40 bits per heavy atom. The van der Waals surface area contributed by atoms with Crippen LogP contribution in [0, 0.1) is 6.92 Å². The summed E-state index contributed by atoms with van der Waals surface area (Å²) in [5.41, 5.74) is 1.06. The van der Waals surface area contributed by atoms with E-state index in [2.05, 4.69) is 4.98 Å². The molecule has 1 aromatic heterocycles. The molecule has 6 heteroatoms. The van der Waals surface area contributed by atoms with Crippen LogP contribution in [0.25, 0.3) is 10.9 Å². The van der Waals surface area contributed by atoms with Gasteiger partial charge in [0, 0.05) is 11.2 Å². The van der Waals surface area contributed by atoms with Crippen LogP contribution < -0.4 is 56.8 Å². The van der Waals surface area contributed by atoms with Crippen molar-refractivity contribution in [2.24, 2.45) is 0 Å². The van der Waals surface area contributed by atoms with E-state index in [1.165, 1.54) is 12.1 Å². The quantitative estimate of drug-likeness (QED) is 0.646. The topological polar surface area (TPSA) is 15.8 Å². The van der Waals surface area contributed by atoms with E-state index in [0.29, 0.717) is 5.39 Å². The molecule has 2 aromatic rings. The molecule has 0 atom stereocenters. The van der Waals surface area contributed by atoms with E-state index < -0.39 is 12.4 Å². The molecule has 0 fully saturated rings. The van der Waals surface area contributed by atoms with Crippen molar-refractivity contribution < 1.29 is 64.3 Å². The molecule has 1 heterocycles. The molecule has 0 radical (unpaired) electrons. The van der Waals surface area contributed by atoms with Gasteiger partial charge in [-0.15, -0.1) is 5.46 Å². The van der Waals surface area contributed by atoms with Crippen LogP contribution in [0.4, 0.5) is 12.9 Å². The Balaban J connectivity index is 0.00000112. The molecule has 15 heavy (non-hydrogen) atoms. The molecular weight excluding hydrogens is 229 g/mol. The third-order valence-electron chi connectivity index (χ3n) is 2.16. The van der Waals surface area contributed by atoms with Gasteiger partial charge in [-0.1, -0.05) is 12.1 Å². The van der Waals surface area contributed by atoms with Crippen molar-refractivity contribution in [1.82, 2.24) is 4.98 Å². The number of hydrogen-bond acceptors (Lipinski definition) is 0. The van der Waals surface area contributed by atoms with Gasteiger partial charge in [-0.05, 0) is 24.4 Å². The Morgan fingerprint density at radius 1 is 1.13 bits per heavy atom. The fourth-order valence-electron chi connectivity index (χ4n) is 1.50. The molecule has 0 aliphatic rings. The van der Waals surface area contributed by atoms with Crippen molar-refractivity contribution >= 4 is 23.3 Å². The number of halogens is 3. The Morgan fingerprint density at radius 2 is 1.80 bits per heavy atom. The zero-order valence-corrected chi connectivity index (χ0v) is 11.6. The van der Waals surface area contributed by atoms with E-state index in [1.807, 2.05) is 6.92 Å². The molecule has 0 saturated carbocycles. The van der Waals surface area contributed by atoms with Crippen molar-refractivity contribution in [3.8, 4) is 0 Å². The van der Waals surface area contributed by atoms with Crippen molar-refractivity contribution in [2.75, 3.05) is 0 Å². The van der Waals surface area contributed by atoms with Crippen LogP contribution in [0.1, 0.15) is 5.69 Å². The molecule has 0 aliphatic heterocycles. The van der Waals surface area contributed by atoms with Crippen LogP contribution in [-0.2, 0) is 0 Å². The first kappa shape index (κ1) is 13.3. The molecular formula is C9H8BF3KN. The van der Waals surface area contributed by atoms with Crippen molar-refractivity contribution in [1.29, 1.82) is 0 Å². The van der Waals surface area contributed by atoms with Gasteiger partial charge in [-0.2, -0.15) is 0 Å². The number of rotatable bonds is 1. The largest absolute Gasteiger partial charge is 1.00 e. The molecule has 0 saturated heterocycles. The first-order chi connectivity index (χ1) is 6.47. The smallest absolute Gasteiger partial charge is 0.445 e. The number of benzene rings is 1. The second-order valence-electron chi connectivity index (χ2n) is 3.37. The van der Waals surface area contributed by atoms with Crippen LogP contribution in [0.3, 0.4) is 0 Å². The number of fused-ring (bicyclic) bond motifs is 1. The number of H-pyrrole nitrogens is 1. The van der Waals surface area contributed by atoms with Gasteiger partial charge in [-0.25, -0.2) is 0 Å². The van der Waals surface area contributed by atoms with Crippen LogP contribution >= 0.6 is 0 Å². The van der Waals surface area contributed by atoms with Gasteiger partial charge in [0.15, 0.2) is 0 Å². The number of aryl methyl sites for hydroxylation is 1. The minimum atomic E-state index is -4.89. The molecule has 1 nitrogen and oxygen atoms in total. The van der Waals surface area contributed by atoms with Gasteiger partial charge in [0.05, 0.1) is 0 Å². The molecule has 2 rings (SSSR count). The van der Waals surface area contributed by atoms with Gasteiger partial charge in [0.25, 0.3) is 0 Å². The standard InChI is InChI=1S/C9H8BF3N.K/c1-6-4-7-5-8(10(11,12)13)2-3-9(7)14-6;/h2-5,14H,1H3;/q-1;+1. The fraction of sp³-hybridized carbons (Fsp3) is 0.111. The van der Waals surface area contributed by atoms with E-state index in [1.54, 1.807) is 6.07 Å². The second kappa shape index (κ2) is 4.63. The van der Waals surface area contributed by atoms with Crippen LogP contribution in [-0.4, -0.2) is 12.0 Å². The zero-order valence-electron chi connectivity index (χ0n) is 8.52. The van der Waals surface area contributed by atoms with E-state index in [4.69, 9.17) is 0 Å². The molecule has 0 bridgehead atoms. The minimum absolute atomic E-state index is 0. The summed E-state index contributed by atoms with van der Waals surface area (Å²) in [5.74, 6) is 0. The second-order valence-corrected chi connectivity index (χ2v) is 3.37. The maximum absolute atomic E-state index is 12.4. The van der Waals surface area contributed by atoms with Crippen molar-refractivity contribution in [2.45, 2.75) is 6.92 Å². The van der Waals surface area contributed by atoms with Crippen molar-refractivity contribution in [3.63, 3.8) is 0 Å². The minimum Gasteiger partial charge on any atom is -0.445 e. The number of nitrogens with one attached hydrogen (secondary N) is 1. The monoisotopic (exact) mass is 237 g/mol. The summed E-state index contributed by atoms with van der Waals surface area (Å²) >= 11 is 0. The third-order valence-corrected chi connectivity index (χ3v) is 2.16. The maximum Gasteiger partial charge on any atom is 1.00 e. The molecule has 0 spiro atoms. The summed E-state index contributed by atoms with van der Waals surface area (Å²) in [6.45, 7) is -3.07. The number of hydrogen-bond donors (Lipinski definition) is 1. The molecule has 1 aromatic carbocycles. The third kappa shape index (κ3) is 2.88. The Bertz CT molecular complexity index is 478. The summed E-state index contributed by atoms with van der Waals surface area (Å²) in [6, 6.07) is 5.46. The maximum atomic E-state index is 12.4. The first-order valence-electron chi connectivity index (χ1n) is 4.26. The summed E-state index contributed by atoms with van der Waals surface area (Å²) in [6.07, 6.45) is 0. The SMILES string of the molecule is Cc1cc2cc([B-](F)(F)F)ccc2[nH]1.[K+]. The fourth-order valence-corrected chi connectivity index (χ4v) is 1.50. The zero-order chi connectivity index (χ0) is 10.3. The average Bonchev–Trinajstić information content (AvgIpc) is 2.41. The van der Waals surface area contributed by atoms with E-state index in [-0.39, 0.29) is 51.4 Å². The Hall–Kier alpha value is 0.251. The average molecular weight is 237 g/mol. The Labute approximate surface area is 128 Å². The van der Waals surface area contributed by atoms with Crippen LogP contribution in [0.5, 0.6) is 0 Å². The number of aromatic amines is 1. The molecule has 1 N–H and O–H groups in total. The van der Waals surface area contributed by atoms with Gasteiger partial charge in [-0.3, -0.25) is 0 Å². The van der Waals surface area contributed by atoms with E-state index in [0.717, 1.165) is 17.3 Å². The first-order valence-corrected chi connectivity index (χ1v) is 4.26. The summed E-state index contributed by atoms with van der Waals surface area (Å²) in [7, 11) is 0. The van der Waals surface area contributed by atoms with Crippen molar-refractivity contribution in [3.05, 3.63) is 30.0 Å². The summed E-state index contributed by atoms with van der Waals surface area (Å²) in [5, 5.41) is 0.610. The van der Waals surface area contributed by atoms with E-state index >= 15 is 0 Å². The number of aromatic nitrogens is 1. The van der Waals surface area contributed by atoms with Gasteiger partial charge in [0.1, 0.15) is 0 Å². The van der Waals surface area contributed by atoms with Gasteiger partial charge < -0.3 is 17.9 Å². The van der Waals surface area contributed by atoms with Crippen LogP contribution in [0.15, 0.2) is 24.3 Å². The van der Waals surface area contributed by atoms with Gasteiger partial charge in [0.2, 0.25) is 0 Å². The molecule has 74 valence electrons. The predicted octanol–water partition coefficient (Wildman–Crippen LogP) is -0.465.